The van der Waals surface area contributed by atoms with Crippen molar-refractivity contribution < 1.29 is 19.1 Å². The molecule has 0 aromatic carbocycles. The second-order valence-electron chi connectivity index (χ2n) is 5.45. The van der Waals surface area contributed by atoms with Crippen molar-refractivity contribution >= 4 is 35.1 Å². The van der Waals surface area contributed by atoms with Gasteiger partial charge >= 0.3 is 0 Å². The molecule has 0 rings (SSSR count). The molecule has 0 aliphatic carbocycles. The van der Waals surface area contributed by atoms with Gasteiger partial charge in [-0.05, 0) is 101 Å². The molecule has 0 aliphatic heterocycles. The molecule has 204 valence electrons. The first-order valence-electron chi connectivity index (χ1n) is 10.3. The summed E-state index contributed by atoms with van der Waals surface area (Å²) in [6, 6.07) is 0. The number of methoxy groups -OCH3 is 2. The van der Waals surface area contributed by atoms with Crippen LogP contribution in [-0.4, -0.2) is 92.2 Å². The molecule has 0 fully saturated rings. The van der Waals surface area contributed by atoms with E-state index in [0.29, 0.717) is 0 Å². The minimum Gasteiger partial charge on any atom is -0.388 e. The Morgan fingerprint density at radius 1 is 0.750 bits per heavy atom. The van der Waals surface area contributed by atoms with Gasteiger partial charge in [0.2, 0.25) is 0 Å². The highest BCUT2D eigenvalue weighted by Crippen LogP contribution is 1.83. The Kier molecular flexibility index (Phi) is 199. The van der Waals surface area contributed by atoms with Crippen LogP contribution in [0.15, 0.2) is 12.2 Å². The Labute approximate surface area is 212 Å². The third kappa shape index (κ3) is 3530. The van der Waals surface area contributed by atoms with Crippen molar-refractivity contribution in [3.05, 3.63) is 12.2 Å². The van der Waals surface area contributed by atoms with E-state index in [1.165, 1.54) is 33.4 Å². The maximum atomic E-state index is 9.44. The number of allylic oxidation sites excluding steroid dienone is 2. The predicted molar refractivity (Wildman–Crippen MR) is 157 cm³/mol. The SMILES string of the molecule is C/C=C\C.CC(C)=O.CC(C)=O.CCOC.CCSC.CNC.CNC.COC.CSC. The molecule has 0 saturated heterocycles. The van der Waals surface area contributed by atoms with Gasteiger partial charge in [-0.25, -0.2) is 0 Å². The van der Waals surface area contributed by atoms with Crippen LogP contribution in [0.3, 0.4) is 0 Å². The number of rotatable bonds is 2. The van der Waals surface area contributed by atoms with Gasteiger partial charge < -0.3 is 29.7 Å². The fourth-order valence-corrected chi connectivity index (χ4v) is 0. The average molecular weight is 507 g/mol. The predicted octanol–water partition coefficient (Wildman–Crippen LogP) is 5.71. The van der Waals surface area contributed by atoms with E-state index >= 15 is 0 Å². The van der Waals surface area contributed by atoms with Crippen LogP contribution < -0.4 is 10.6 Å². The summed E-state index contributed by atoms with van der Waals surface area (Å²) in [5.74, 6) is 1.57. The minimum absolute atomic E-state index is 0.167. The van der Waals surface area contributed by atoms with Gasteiger partial charge in [-0.1, -0.05) is 19.1 Å². The zero-order chi connectivity index (χ0) is 28.2. The molecular weight excluding hydrogens is 444 g/mol. The van der Waals surface area contributed by atoms with Crippen LogP contribution in [0.4, 0.5) is 0 Å². The molecule has 32 heavy (non-hydrogen) atoms. The van der Waals surface area contributed by atoms with Crippen molar-refractivity contribution in [3.8, 4) is 0 Å². The number of hydrogen-bond donors (Lipinski definition) is 2. The zero-order valence-electron chi connectivity index (χ0n) is 25.0. The van der Waals surface area contributed by atoms with Crippen LogP contribution in [0.5, 0.6) is 0 Å². The third-order valence-electron chi connectivity index (χ3n) is 0.911. The fourth-order valence-electron chi connectivity index (χ4n) is 0. The number of carbonyl (C=O) groups is 2. The summed E-state index contributed by atoms with van der Waals surface area (Å²) in [6.45, 7) is 15.0. The van der Waals surface area contributed by atoms with Gasteiger partial charge in [0, 0.05) is 27.9 Å². The number of hydrogen-bond acceptors (Lipinski definition) is 8. The zero-order valence-corrected chi connectivity index (χ0v) is 26.7. The summed E-state index contributed by atoms with van der Waals surface area (Å²) in [6.07, 6.45) is 10.2. The van der Waals surface area contributed by atoms with E-state index in [9.17, 15) is 9.59 Å². The Bertz CT molecular complexity index is 218. The fraction of sp³-hybridized carbons (Fsp3) is 0.833. The number of ketones is 2. The molecule has 0 bridgehead atoms. The molecule has 2 N–H and O–H groups in total. The van der Waals surface area contributed by atoms with Gasteiger partial charge in [-0.15, -0.1) is 0 Å². The molecule has 6 nitrogen and oxygen atoms in total. The normalized spacial score (nSPS) is 6.94. The molecule has 0 aliphatic rings. The lowest BCUT2D eigenvalue weighted by Gasteiger charge is -1.76. The molecule has 0 aromatic heterocycles. The average Bonchev–Trinajstić information content (AvgIpc) is 2.69. The number of carbonyl (C=O) groups excluding carboxylic acids is 2. The van der Waals surface area contributed by atoms with Crippen LogP contribution in [0.1, 0.15) is 55.4 Å². The monoisotopic (exact) mass is 506 g/mol. The lowest BCUT2D eigenvalue weighted by molar-refractivity contribution is -0.115. The molecular formula is C24H62N2O4S2. The van der Waals surface area contributed by atoms with Gasteiger partial charge in [0.05, 0.1) is 0 Å². The van der Waals surface area contributed by atoms with Crippen molar-refractivity contribution in [3.63, 3.8) is 0 Å². The molecule has 0 atom stereocenters. The first kappa shape index (κ1) is 57.9. The highest BCUT2D eigenvalue weighted by atomic mass is 32.2. The second-order valence-corrected chi connectivity index (χ2v) is 7.43. The number of ether oxygens (including phenoxy) is 2. The minimum atomic E-state index is 0.167. The Balaban J connectivity index is -0.0000000267. The molecule has 0 spiro atoms. The van der Waals surface area contributed by atoms with Crippen molar-refractivity contribution in [2.24, 2.45) is 0 Å². The van der Waals surface area contributed by atoms with E-state index in [1.54, 1.807) is 33.1 Å². The maximum Gasteiger partial charge on any atom is 0.126 e. The molecule has 0 saturated carbocycles. The van der Waals surface area contributed by atoms with Crippen LogP contribution >= 0.6 is 23.5 Å². The summed E-state index contributed by atoms with van der Waals surface area (Å²) in [4.78, 5) is 18.9. The van der Waals surface area contributed by atoms with Crippen molar-refractivity contribution in [2.45, 2.75) is 55.4 Å². The van der Waals surface area contributed by atoms with E-state index in [-0.39, 0.29) is 11.6 Å². The summed E-state index contributed by atoms with van der Waals surface area (Å²) in [5.41, 5.74) is 0. The quantitative estimate of drug-likeness (QED) is 0.461. The standard InChI is InChI=1S/C4H8.C3H8O.2C3H6O.C3H8S.2C2H7N.C2H6O.C2H6S/c2*1-3-4-2;2*1-3(2)4;1-3-4-2;4*1-3-2/h3-4H,1-2H3;3H2,1-2H3;2*1-2H3;3H2,1-2H3;2*3H,1-2H3;2*1-2H3/b4-3-;;;;;;;;. The van der Waals surface area contributed by atoms with E-state index in [0.717, 1.165) is 6.61 Å². The molecule has 0 aromatic rings. The van der Waals surface area contributed by atoms with Crippen LogP contribution in [0.2, 0.25) is 0 Å². The van der Waals surface area contributed by atoms with Crippen LogP contribution in [0.25, 0.3) is 0 Å². The molecule has 0 amide bonds. The number of thioether (sulfide) groups is 2. The van der Waals surface area contributed by atoms with E-state index in [4.69, 9.17) is 0 Å². The Morgan fingerprint density at radius 2 is 0.844 bits per heavy atom. The largest absolute Gasteiger partial charge is 0.388 e. The van der Waals surface area contributed by atoms with Gasteiger partial charge in [0.25, 0.3) is 0 Å². The topological polar surface area (TPSA) is 76.7 Å². The third-order valence-corrected chi connectivity index (χ3v) is 1.49. The molecule has 0 radical (unpaired) electrons. The van der Waals surface area contributed by atoms with E-state index in [2.05, 4.69) is 33.3 Å². The lowest BCUT2D eigenvalue weighted by Crippen LogP contribution is -1.89. The van der Waals surface area contributed by atoms with Gasteiger partial charge in [0.15, 0.2) is 0 Å². The van der Waals surface area contributed by atoms with E-state index < -0.39 is 0 Å². The molecule has 8 heteroatoms. The summed E-state index contributed by atoms with van der Waals surface area (Å²) in [5, 5.41) is 5.50. The van der Waals surface area contributed by atoms with Crippen molar-refractivity contribution in [1.82, 2.24) is 10.6 Å². The van der Waals surface area contributed by atoms with Crippen LogP contribution in [-0.2, 0) is 19.1 Å². The van der Waals surface area contributed by atoms with Gasteiger partial charge in [-0.2, -0.15) is 23.5 Å². The number of nitrogens with one attached hydrogen (secondary N) is 2. The van der Waals surface area contributed by atoms with Gasteiger partial charge in [0.1, 0.15) is 11.6 Å². The maximum absolute atomic E-state index is 9.44. The summed E-state index contributed by atoms with van der Waals surface area (Å²) in [7, 11) is 12.4. The Hall–Kier alpha value is -0.380. The highest BCUT2D eigenvalue weighted by molar-refractivity contribution is 7.98. The first-order valence-corrected chi connectivity index (χ1v) is 13.4. The molecule has 0 unspecified atom stereocenters. The van der Waals surface area contributed by atoms with E-state index in [1.807, 2.05) is 85.4 Å². The van der Waals surface area contributed by atoms with Crippen LogP contribution in [0, 0.1) is 0 Å². The van der Waals surface area contributed by atoms with Gasteiger partial charge in [-0.3, -0.25) is 0 Å². The number of Topliss-reactive ketones (excluding diaryl/α,β-unsaturated/α-hetero) is 2. The second kappa shape index (κ2) is 110. The lowest BCUT2D eigenvalue weighted by atomic mass is 10.6. The first-order chi connectivity index (χ1) is 14.9. The summed E-state index contributed by atoms with van der Waals surface area (Å²) < 4.78 is 8.79. The van der Waals surface area contributed by atoms with Crippen molar-refractivity contribution in [2.75, 3.05) is 80.6 Å². The molecule has 0 heterocycles. The summed E-state index contributed by atoms with van der Waals surface area (Å²) >= 11 is 3.61. The smallest absolute Gasteiger partial charge is 0.126 e. The Morgan fingerprint density at radius 3 is 0.844 bits per heavy atom. The van der Waals surface area contributed by atoms with Crippen molar-refractivity contribution in [1.29, 1.82) is 0 Å². The highest BCUT2D eigenvalue weighted by Gasteiger charge is 1.62.